The SMILES string of the molecule is [C-]#[N+]P(=O)([N+]#[C-])[N+]#[C-]. The zero-order valence-corrected chi connectivity index (χ0v) is 4.59. The van der Waals surface area contributed by atoms with Crippen LogP contribution in [0.25, 0.3) is 13.8 Å². The highest BCUT2D eigenvalue weighted by atomic mass is 31.2. The van der Waals surface area contributed by atoms with E-state index in [1.54, 1.807) is 0 Å². The molecular formula is C3N3OP. The van der Waals surface area contributed by atoms with Crippen LogP contribution in [-0.2, 0) is 4.57 Å². The Morgan fingerprint density at radius 1 is 1.00 bits per heavy atom. The summed E-state index contributed by atoms with van der Waals surface area (Å²) in [6.45, 7) is 18.3. The minimum atomic E-state index is -3.79. The molecule has 0 aliphatic carbocycles. The van der Waals surface area contributed by atoms with E-state index in [0.29, 0.717) is 0 Å². The fraction of sp³-hybridized carbons (Fsp3) is 0. The molecule has 0 fully saturated rings. The third-order valence-corrected chi connectivity index (χ3v) is 1.17. The fourth-order valence-electron chi connectivity index (χ4n) is 0.0671. The molecule has 0 N–H and O–H groups in total. The molecule has 0 aromatic heterocycles. The number of hydrogen-bond acceptors (Lipinski definition) is 1. The van der Waals surface area contributed by atoms with E-state index in [4.69, 9.17) is 19.7 Å². The standard InChI is InChI=1S/C3N3OP/c1-4-8(7,5-2)6-3. The molecule has 8 heavy (non-hydrogen) atoms. The summed E-state index contributed by atoms with van der Waals surface area (Å²) in [6, 6.07) is 0. The first-order chi connectivity index (χ1) is 3.68. The van der Waals surface area contributed by atoms with Gasteiger partial charge in [-0.15, -0.1) is 13.8 Å². The molecular weight excluding hydrogens is 125 g/mol. The molecule has 0 saturated carbocycles. The van der Waals surface area contributed by atoms with Gasteiger partial charge >= 0.3 is 7.59 Å². The van der Waals surface area contributed by atoms with Gasteiger partial charge < -0.3 is 0 Å². The summed E-state index contributed by atoms with van der Waals surface area (Å²) >= 11 is 0. The number of nitrogens with zero attached hydrogens (tertiary/aromatic N) is 3. The van der Waals surface area contributed by atoms with Crippen LogP contribution in [-0.4, -0.2) is 0 Å². The Hall–Kier alpha value is -1.30. The Morgan fingerprint density at radius 3 is 1.25 bits per heavy atom. The van der Waals surface area contributed by atoms with Crippen molar-refractivity contribution >= 4 is 7.59 Å². The second-order valence-electron chi connectivity index (χ2n) is 0.813. The molecule has 0 aromatic carbocycles. The topological polar surface area (TPSA) is 30.1 Å². The highest BCUT2D eigenvalue weighted by Gasteiger charge is 2.50. The molecule has 38 valence electrons. The highest BCUT2D eigenvalue weighted by Crippen LogP contribution is 2.50. The summed E-state index contributed by atoms with van der Waals surface area (Å²) < 4.78 is 17.3. The van der Waals surface area contributed by atoms with E-state index >= 15 is 0 Å². The lowest BCUT2D eigenvalue weighted by Gasteiger charge is -1.62. The predicted octanol–water partition coefficient (Wildman–Crippen LogP) is 1.85. The predicted molar refractivity (Wildman–Crippen MR) is 27.4 cm³/mol. The van der Waals surface area contributed by atoms with Crippen molar-refractivity contribution in [3.63, 3.8) is 0 Å². The van der Waals surface area contributed by atoms with E-state index < -0.39 is 7.59 Å². The van der Waals surface area contributed by atoms with Crippen molar-refractivity contribution in [2.75, 3.05) is 0 Å². The lowest BCUT2D eigenvalue weighted by Crippen LogP contribution is -1.46. The van der Waals surface area contributed by atoms with Gasteiger partial charge in [0.05, 0.1) is 0 Å². The van der Waals surface area contributed by atoms with Crippen molar-refractivity contribution in [1.29, 1.82) is 0 Å². The normalized spacial score (nSPS) is 8.12. The van der Waals surface area contributed by atoms with Crippen LogP contribution in [0.4, 0.5) is 0 Å². The minimum absolute atomic E-state index is 2.35. The lowest BCUT2D eigenvalue weighted by molar-refractivity contribution is 0.591. The van der Waals surface area contributed by atoms with Gasteiger partial charge in [0.1, 0.15) is 0 Å². The molecule has 0 atom stereocenters. The van der Waals surface area contributed by atoms with Gasteiger partial charge in [0, 0.05) is 0 Å². The summed E-state index contributed by atoms with van der Waals surface area (Å²) in [6.07, 6.45) is 0. The van der Waals surface area contributed by atoms with Gasteiger partial charge in [0.15, 0.2) is 0 Å². The minimum Gasteiger partial charge on any atom is -0.214 e. The second-order valence-corrected chi connectivity index (χ2v) is 2.44. The Morgan fingerprint density at radius 2 is 1.25 bits per heavy atom. The Balaban J connectivity index is 4.74. The van der Waals surface area contributed by atoms with Gasteiger partial charge in [-0.3, -0.25) is 0 Å². The van der Waals surface area contributed by atoms with Crippen molar-refractivity contribution in [2.45, 2.75) is 0 Å². The Bertz CT molecular complexity index is 206. The van der Waals surface area contributed by atoms with Crippen molar-refractivity contribution in [3.05, 3.63) is 33.6 Å². The number of hydrogen-bond donors (Lipinski definition) is 0. The van der Waals surface area contributed by atoms with E-state index in [-0.39, 0.29) is 0 Å². The summed E-state index contributed by atoms with van der Waals surface area (Å²) in [5.74, 6) is 0. The van der Waals surface area contributed by atoms with Crippen molar-refractivity contribution < 1.29 is 4.57 Å². The number of rotatable bonds is 0. The van der Waals surface area contributed by atoms with Crippen molar-refractivity contribution in [3.8, 4) is 0 Å². The largest absolute Gasteiger partial charge is 1.10 e. The van der Waals surface area contributed by atoms with Crippen LogP contribution in [0.2, 0.25) is 0 Å². The molecule has 0 amide bonds. The molecule has 0 saturated heterocycles. The summed E-state index contributed by atoms with van der Waals surface area (Å²) in [7, 11) is -3.79. The second kappa shape index (κ2) is 2.12. The molecule has 5 heteroatoms. The summed E-state index contributed by atoms with van der Waals surface area (Å²) in [5.41, 5.74) is 0. The first-order valence-corrected chi connectivity index (χ1v) is 3.02. The molecule has 0 heterocycles. The average Bonchev–Trinajstić information content (AvgIpc) is 1.87. The summed E-state index contributed by atoms with van der Waals surface area (Å²) in [5, 5.41) is 0. The van der Waals surface area contributed by atoms with Crippen LogP contribution < -0.4 is 0 Å². The molecule has 0 aromatic rings. The van der Waals surface area contributed by atoms with E-state index in [0.717, 1.165) is 0 Å². The zero-order chi connectivity index (χ0) is 6.62. The van der Waals surface area contributed by atoms with Crippen LogP contribution in [0.1, 0.15) is 0 Å². The van der Waals surface area contributed by atoms with E-state index in [1.165, 1.54) is 0 Å². The highest BCUT2D eigenvalue weighted by molar-refractivity contribution is 7.70. The molecule has 4 nitrogen and oxygen atoms in total. The fourth-order valence-corrected chi connectivity index (χ4v) is 0.201. The van der Waals surface area contributed by atoms with Crippen LogP contribution >= 0.6 is 7.59 Å². The third kappa shape index (κ3) is 1.09. The maximum Gasteiger partial charge on any atom is 1.10 e. The smallest absolute Gasteiger partial charge is 0.214 e. The summed E-state index contributed by atoms with van der Waals surface area (Å²) in [4.78, 5) is 0. The Kier molecular flexibility index (Phi) is 1.78. The lowest BCUT2D eigenvalue weighted by atomic mass is 11.8. The molecule has 0 radical (unpaired) electrons. The van der Waals surface area contributed by atoms with E-state index in [9.17, 15) is 4.57 Å². The van der Waals surface area contributed by atoms with Gasteiger partial charge in [-0.25, -0.2) is 19.7 Å². The van der Waals surface area contributed by atoms with Gasteiger partial charge in [0.25, 0.3) is 0 Å². The van der Waals surface area contributed by atoms with Crippen LogP contribution in [0.5, 0.6) is 0 Å². The van der Waals surface area contributed by atoms with Gasteiger partial charge in [-0.1, -0.05) is 4.57 Å². The van der Waals surface area contributed by atoms with Gasteiger partial charge in [-0.2, -0.15) is 0 Å². The van der Waals surface area contributed by atoms with Crippen LogP contribution in [0, 0.1) is 19.7 Å². The van der Waals surface area contributed by atoms with Crippen LogP contribution in [0.3, 0.4) is 0 Å². The Labute approximate surface area is 46.7 Å². The first kappa shape index (κ1) is 6.70. The zero-order valence-electron chi connectivity index (χ0n) is 3.70. The monoisotopic (exact) mass is 125 g/mol. The molecule has 0 spiro atoms. The molecule has 0 aliphatic rings. The van der Waals surface area contributed by atoms with Crippen LogP contribution in [0.15, 0.2) is 0 Å². The maximum atomic E-state index is 10.3. The van der Waals surface area contributed by atoms with E-state index in [1.807, 2.05) is 0 Å². The first-order valence-electron chi connectivity index (χ1n) is 1.45. The molecule has 0 rings (SSSR count). The van der Waals surface area contributed by atoms with Gasteiger partial charge in [-0.05, 0) is 0 Å². The molecule has 0 bridgehead atoms. The van der Waals surface area contributed by atoms with E-state index in [2.05, 4.69) is 13.8 Å². The van der Waals surface area contributed by atoms with Gasteiger partial charge in [0.2, 0.25) is 0 Å². The molecule has 0 aliphatic heterocycles. The average molecular weight is 125 g/mol. The van der Waals surface area contributed by atoms with Crippen molar-refractivity contribution in [1.82, 2.24) is 0 Å². The maximum absolute atomic E-state index is 10.3. The molecule has 0 unspecified atom stereocenters. The quantitative estimate of drug-likeness (QED) is 0.359. The third-order valence-electron chi connectivity index (χ3n) is 0.391. The van der Waals surface area contributed by atoms with Crippen molar-refractivity contribution in [2.24, 2.45) is 0 Å².